The topological polar surface area (TPSA) is 84.1 Å². The lowest BCUT2D eigenvalue weighted by atomic mass is 10.1. The van der Waals surface area contributed by atoms with Gasteiger partial charge < -0.3 is 10.0 Å². The first-order valence-electron chi connectivity index (χ1n) is 7.55. The lowest BCUT2D eigenvalue weighted by Crippen LogP contribution is -2.23. The van der Waals surface area contributed by atoms with Crippen LogP contribution in [0.2, 0.25) is 0 Å². The van der Waals surface area contributed by atoms with Crippen molar-refractivity contribution in [3.8, 4) is 0 Å². The van der Waals surface area contributed by atoms with Crippen LogP contribution in [0.4, 0.5) is 5.69 Å². The van der Waals surface area contributed by atoms with Crippen LogP contribution >= 0.6 is 11.3 Å². The number of rotatable bonds is 5. The summed E-state index contributed by atoms with van der Waals surface area (Å²) in [5, 5.41) is 14.7. The number of aromatic carboxylic acids is 1. The number of fused-ring (bicyclic) bond motifs is 1. The summed E-state index contributed by atoms with van der Waals surface area (Å²) in [4.78, 5) is 23.4. The van der Waals surface area contributed by atoms with E-state index >= 15 is 0 Å². The molecule has 3 heterocycles. The van der Waals surface area contributed by atoms with Crippen molar-refractivity contribution in [3.05, 3.63) is 33.5 Å². The molecule has 126 valence electrons. The van der Waals surface area contributed by atoms with Crippen LogP contribution < -0.4 is 4.90 Å². The fourth-order valence-corrected chi connectivity index (χ4v) is 3.66. The van der Waals surface area contributed by atoms with Crippen LogP contribution in [0.15, 0.2) is 11.7 Å². The third-order valence-corrected chi connectivity index (χ3v) is 5.13. The van der Waals surface area contributed by atoms with E-state index < -0.39 is 5.97 Å². The number of anilines is 1. The molecule has 3 rings (SSSR count). The number of hydrogen-bond donors (Lipinski definition) is 1. The maximum absolute atomic E-state index is 11.7. The van der Waals surface area contributed by atoms with Crippen LogP contribution in [0, 0.1) is 13.8 Å². The molecule has 0 aliphatic rings. The van der Waals surface area contributed by atoms with E-state index in [0.29, 0.717) is 17.9 Å². The van der Waals surface area contributed by atoms with Gasteiger partial charge in [-0.05, 0) is 13.8 Å². The highest BCUT2D eigenvalue weighted by molar-refractivity contribution is 7.09. The molecule has 0 spiro atoms. The molecule has 0 bridgehead atoms. The largest absolute Gasteiger partial charge is 0.478 e. The summed E-state index contributed by atoms with van der Waals surface area (Å²) in [6.45, 7) is 4.56. The molecule has 1 N–H and O–H groups in total. The second kappa shape index (κ2) is 6.20. The molecule has 0 unspecified atom stereocenters. The number of hydrogen-bond acceptors (Lipinski definition) is 6. The number of aromatic nitrogens is 4. The monoisotopic (exact) mass is 345 g/mol. The van der Waals surface area contributed by atoms with Gasteiger partial charge in [0.2, 0.25) is 0 Å². The summed E-state index contributed by atoms with van der Waals surface area (Å²) in [5.41, 5.74) is 5.20. The quantitative estimate of drug-likeness (QED) is 0.764. The molecular formula is C16H19N5O2S. The van der Waals surface area contributed by atoms with Gasteiger partial charge in [-0.15, -0.1) is 11.3 Å². The molecule has 3 aromatic heterocycles. The van der Waals surface area contributed by atoms with E-state index in [4.69, 9.17) is 0 Å². The summed E-state index contributed by atoms with van der Waals surface area (Å²) in [6.07, 6.45) is 2.23. The fraction of sp³-hybridized carbons (Fsp3) is 0.375. The third-order valence-electron chi connectivity index (χ3n) is 4.13. The molecule has 0 aromatic carbocycles. The Morgan fingerprint density at radius 3 is 2.71 bits per heavy atom. The Morgan fingerprint density at radius 2 is 2.08 bits per heavy atom. The number of aryl methyl sites for hydroxylation is 3. The highest BCUT2D eigenvalue weighted by atomic mass is 32.1. The molecule has 0 atom stereocenters. The van der Waals surface area contributed by atoms with Crippen molar-refractivity contribution in [2.75, 3.05) is 18.5 Å². The van der Waals surface area contributed by atoms with Crippen molar-refractivity contribution in [1.82, 2.24) is 19.7 Å². The van der Waals surface area contributed by atoms with E-state index in [9.17, 15) is 9.90 Å². The van der Waals surface area contributed by atoms with Gasteiger partial charge in [-0.2, -0.15) is 5.10 Å². The predicted octanol–water partition coefficient (Wildman–Crippen LogP) is 2.42. The molecule has 0 amide bonds. The molecule has 7 nitrogen and oxygen atoms in total. The van der Waals surface area contributed by atoms with Crippen LogP contribution in [0.5, 0.6) is 0 Å². The van der Waals surface area contributed by atoms with Crippen molar-refractivity contribution in [2.45, 2.75) is 20.3 Å². The molecule has 8 heteroatoms. The number of carboxylic acid groups (broad SMARTS) is 1. The molecule has 0 aliphatic heterocycles. The van der Waals surface area contributed by atoms with Crippen LogP contribution in [0.1, 0.15) is 26.6 Å². The average molecular weight is 345 g/mol. The van der Waals surface area contributed by atoms with E-state index in [0.717, 1.165) is 23.2 Å². The summed E-state index contributed by atoms with van der Waals surface area (Å²) >= 11 is 1.63. The van der Waals surface area contributed by atoms with Gasteiger partial charge in [0.25, 0.3) is 0 Å². The highest BCUT2D eigenvalue weighted by Crippen LogP contribution is 2.31. The number of pyridine rings is 1. The minimum absolute atomic E-state index is 0.196. The fourth-order valence-electron chi connectivity index (χ4n) is 2.89. The number of thiazole rings is 1. The van der Waals surface area contributed by atoms with Crippen molar-refractivity contribution < 1.29 is 9.90 Å². The zero-order valence-corrected chi connectivity index (χ0v) is 14.9. The van der Waals surface area contributed by atoms with Crippen molar-refractivity contribution >= 4 is 34.0 Å². The van der Waals surface area contributed by atoms with E-state index in [2.05, 4.69) is 15.1 Å². The first kappa shape index (κ1) is 16.4. The zero-order valence-electron chi connectivity index (χ0n) is 14.1. The van der Waals surface area contributed by atoms with Crippen LogP contribution in [-0.2, 0) is 13.5 Å². The standard InChI is InChI=1S/C16H19N5O2S/c1-9-12(24-8-18-9)5-6-20(3)14-11(16(22)23)7-17-15-13(14)10(2)19-21(15)4/h7-8H,5-6H2,1-4H3,(H,22,23). The lowest BCUT2D eigenvalue weighted by molar-refractivity contribution is 0.0697. The first-order valence-corrected chi connectivity index (χ1v) is 8.43. The average Bonchev–Trinajstić information content (AvgIpc) is 3.07. The van der Waals surface area contributed by atoms with E-state index in [-0.39, 0.29) is 5.56 Å². The van der Waals surface area contributed by atoms with Gasteiger partial charge in [0.05, 0.1) is 28.0 Å². The Hall–Kier alpha value is -2.48. The molecule has 24 heavy (non-hydrogen) atoms. The van der Waals surface area contributed by atoms with Gasteiger partial charge in [-0.1, -0.05) is 0 Å². The maximum atomic E-state index is 11.7. The van der Waals surface area contributed by atoms with E-state index in [1.165, 1.54) is 11.1 Å². The minimum Gasteiger partial charge on any atom is -0.478 e. The number of carbonyl (C=O) groups is 1. The van der Waals surface area contributed by atoms with Crippen LogP contribution in [0.25, 0.3) is 11.0 Å². The summed E-state index contributed by atoms with van der Waals surface area (Å²) in [7, 11) is 3.72. The molecule has 0 saturated heterocycles. The molecule has 0 radical (unpaired) electrons. The number of nitrogens with zero attached hydrogens (tertiary/aromatic N) is 5. The lowest BCUT2D eigenvalue weighted by Gasteiger charge is -2.22. The van der Waals surface area contributed by atoms with Gasteiger partial charge >= 0.3 is 5.97 Å². The Morgan fingerprint density at radius 1 is 1.33 bits per heavy atom. The third kappa shape index (κ3) is 2.73. The van der Waals surface area contributed by atoms with Crippen LogP contribution in [-0.4, -0.2) is 44.4 Å². The highest BCUT2D eigenvalue weighted by Gasteiger charge is 2.22. The van der Waals surface area contributed by atoms with Crippen molar-refractivity contribution in [2.24, 2.45) is 7.05 Å². The summed E-state index contributed by atoms with van der Waals surface area (Å²) in [6, 6.07) is 0. The smallest absolute Gasteiger partial charge is 0.339 e. The van der Waals surface area contributed by atoms with Gasteiger partial charge in [0.1, 0.15) is 5.56 Å². The maximum Gasteiger partial charge on any atom is 0.339 e. The normalized spacial score (nSPS) is 11.2. The van der Waals surface area contributed by atoms with Crippen molar-refractivity contribution in [1.29, 1.82) is 0 Å². The number of likely N-dealkylation sites (N-methyl/N-ethyl adjacent to an activating group) is 1. The molecule has 3 aromatic rings. The van der Waals surface area contributed by atoms with Gasteiger partial charge in [-0.25, -0.2) is 14.8 Å². The molecular weight excluding hydrogens is 326 g/mol. The zero-order chi connectivity index (χ0) is 17.4. The molecule has 0 aliphatic carbocycles. The Kier molecular flexibility index (Phi) is 4.23. The minimum atomic E-state index is -0.983. The van der Waals surface area contributed by atoms with Crippen molar-refractivity contribution in [3.63, 3.8) is 0 Å². The Labute approximate surface area is 143 Å². The Balaban J connectivity index is 2.04. The van der Waals surface area contributed by atoms with E-state index in [1.54, 1.807) is 16.0 Å². The SMILES string of the molecule is Cc1ncsc1CCN(C)c1c(C(=O)O)cnc2c1c(C)nn2C. The van der Waals surface area contributed by atoms with E-state index in [1.807, 2.05) is 38.4 Å². The van der Waals surface area contributed by atoms with Gasteiger partial charge in [-0.3, -0.25) is 4.68 Å². The summed E-state index contributed by atoms with van der Waals surface area (Å²) < 4.78 is 1.68. The first-order chi connectivity index (χ1) is 11.4. The molecule has 0 fully saturated rings. The second-order valence-electron chi connectivity index (χ2n) is 5.77. The Bertz CT molecular complexity index is 915. The number of carboxylic acids is 1. The van der Waals surface area contributed by atoms with Crippen LogP contribution in [0.3, 0.4) is 0 Å². The van der Waals surface area contributed by atoms with Gasteiger partial charge in [0.15, 0.2) is 5.65 Å². The predicted molar refractivity (Wildman–Crippen MR) is 94.0 cm³/mol. The summed E-state index contributed by atoms with van der Waals surface area (Å²) in [5.74, 6) is -0.983. The van der Waals surface area contributed by atoms with Gasteiger partial charge in [0, 0.05) is 38.1 Å². The molecule has 0 saturated carbocycles. The second-order valence-corrected chi connectivity index (χ2v) is 6.71.